The third kappa shape index (κ3) is 3.04. The molecule has 6 nitrogen and oxygen atoms in total. The Morgan fingerprint density at radius 1 is 1.20 bits per heavy atom. The van der Waals surface area contributed by atoms with Gasteiger partial charge in [-0.25, -0.2) is 9.82 Å². The van der Waals surface area contributed by atoms with Crippen LogP contribution in [-0.2, 0) is 4.79 Å². The number of ether oxygens (including phenoxy) is 1. The number of nitrogens with zero attached hydrogens (tertiary/aromatic N) is 2. The summed E-state index contributed by atoms with van der Waals surface area (Å²) in [5.41, 5.74) is 5.92. The molecule has 5 rings (SSSR count). The zero-order valence-corrected chi connectivity index (χ0v) is 17.1. The van der Waals surface area contributed by atoms with E-state index in [1.807, 2.05) is 30.0 Å². The van der Waals surface area contributed by atoms with Gasteiger partial charge in [-0.3, -0.25) is 4.79 Å². The number of hydrogen-bond acceptors (Lipinski definition) is 5. The number of hydrazone groups is 1. The van der Waals surface area contributed by atoms with Crippen molar-refractivity contribution in [1.29, 1.82) is 0 Å². The van der Waals surface area contributed by atoms with E-state index in [0.29, 0.717) is 23.1 Å². The first-order valence-corrected chi connectivity index (χ1v) is 10.5. The van der Waals surface area contributed by atoms with Gasteiger partial charge in [0, 0.05) is 5.56 Å². The van der Waals surface area contributed by atoms with E-state index in [4.69, 9.17) is 4.74 Å². The molecule has 0 radical (unpaired) electrons. The predicted octanol–water partition coefficient (Wildman–Crippen LogP) is 3.24. The van der Waals surface area contributed by atoms with Crippen molar-refractivity contribution >= 4 is 17.4 Å². The van der Waals surface area contributed by atoms with Crippen molar-refractivity contribution in [3.05, 3.63) is 47.8 Å². The van der Waals surface area contributed by atoms with Gasteiger partial charge >= 0.3 is 0 Å². The lowest BCUT2D eigenvalue weighted by Gasteiger charge is -2.39. The first-order chi connectivity index (χ1) is 14.5. The van der Waals surface area contributed by atoms with Crippen LogP contribution in [0.15, 0.2) is 41.5 Å². The van der Waals surface area contributed by atoms with Crippen LogP contribution >= 0.6 is 0 Å². The monoisotopic (exact) mass is 408 g/mol. The number of hydrogen-bond donors (Lipinski definition) is 2. The molecular formula is C23H25FN4O2. The number of halogens is 1. The maximum atomic E-state index is 14.8. The van der Waals surface area contributed by atoms with E-state index in [1.165, 1.54) is 6.07 Å². The first kappa shape index (κ1) is 19.1. The van der Waals surface area contributed by atoms with Crippen molar-refractivity contribution in [2.24, 2.45) is 11.0 Å². The molecule has 0 saturated carbocycles. The molecule has 0 aromatic heterocycles. The fourth-order valence-corrected chi connectivity index (χ4v) is 4.78. The molecule has 0 bridgehead atoms. The number of anilines is 1. The molecule has 156 valence electrons. The Bertz CT molecular complexity index is 1040. The van der Waals surface area contributed by atoms with Crippen molar-refractivity contribution in [2.75, 3.05) is 24.6 Å². The molecule has 3 aliphatic heterocycles. The Labute approximate surface area is 175 Å². The normalized spacial score (nSPS) is 25.6. The van der Waals surface area contributed by atoms with Crippen LogP contribution in [0.2, 0.25) is 0 Å². The number of carbonyl (C=O) groups excluding carboxylic acids is 1. The van der Waals surface area contributed by atoms with Crippen LogP contribution < -0.4 is 20.4 Å². The minimum absolute atomic E-state index is 0.151. The second-order valence-electron chi connectivity index (χ2n) is 8.30. The average Bonchev–Trinajstić information content (AvgIpc) is 2.76. The molecule has 3 aliphatic rings. The van der Waals surface area contributed by atoms with Crippen LogP contribution in [-0.4, -0.2) is 37.5 Å². The first-order valence-electron chi connectivity index (χ1n) is 10.5. The third-order valence-corrected chi connectivity index (χ3v) is 6.44. The summed E-state index contributed by atoms with van der Waals surface area (Å²) >= 11 is 0. The third-order valence-electron chi connectivity index (χ3n) is 6.44. The van der Waals surface area contributed by atoms with E-state index >= 15 is 0 Å². The van der Waals surface area contributed by atoms with Gasteiger partial charge in [0.1, 0.15) is 24.2 Å². The van der Waals surface area contributed by atoms with Gasteiger partial charge in [0.25, 0.3) is 5.91 Å². The zero-order valence-electron chi connectivity index (χ0n) is 17.1. The summed E-state index contributed by atoms with van der Waals surface area (Å²) in [6, 6.07) is 10.5. The Balaban J connectivity index is 1.71. The number of nitrogens with one attached hydrogen (secondary N) is 2. The summed E-state index contributed by atoms with van der Waals surface area (Å²) in [5, 5.41) is 7.63. The lowest BCUT2D eigenvalue weighted by molar-refractivity contribution is -0.122. The average molecular weight is 408 g/mol. The summed E-state index contributed by atoms with van der Waals surface area (Å²) in [5.74, 6) is 1.62. The topological polar surface area (TPSA) is 66.0 Å². The quantitative estimate of drug-likeness (QED) is 0.801. The minimum atomic E-state index is -0.391. The fourth-order valence-electron chi connectivity index (χ4n) is 4.78. The highest BCUT2D eigenvalue weighted by Gasteiger charge is 2.37. The van der Waals surface area contributed by atoms with Gasteiger partial charge < -0.3 is 15.0 Å². The maximum absolute atomic E-state index is 14.8. The second kappa shape index (κ2) is 7.40. The highest BCUT2D eigenvalue weighted by atomic mass is 19.1. The number of piperidine rings is 1. The molecular weight excluding hydrogens is 383 g/mol. The van der Waals surface area contributed by atoms with Crippen LogP contribution in [0.1, 0.15) is 31.7 Å². The number of rotatable bonds is 2. The van der Waals surface area contributed by atoms with Crippen LogP contribution in [0.3, 0.4) is 0 Å². The van der Waals surface area contributed by atoms with Crippen molar-refractivity contribution in [2.45, 2.75) is 32.2 Å². The summed E-state index contributed by atoms with van der Waals surface area (Å²) in [7, 11) is 0. The molecule has 1 saturated heterocycles. The van der Waals surface area contributed by atoms with Crippen LogP contribution in [0.4, 0.5) is 10.1 Å². The molecule has 3 heterocycles. The summed E-state index contributed by atoms with van der Waals surface area (Å²) in [6.07, 6.45) is 0.971. The molecule has 2 aromatic rings. The minimum Gasteiger partial charge on any atom is -0.483 e. The molecule has 3 atom stereocenters. The number of fused-ring (bicyclic) bond motifs is 3. The molecule has 1 fully saturated rings. The molecule has 1 amide bonds. The lowest BCUT2D eigenvalue weighted by atomic mass is 9.78. The van der Waals surface area contributed by atoms with E-state index in [1.54, 1.807) is 6.07 Å². The molecule has 0 aliphatic carbocycles. The standard InChI is InChI=1S/C23H25FN4O2/c1-13-11-25-8-7-15(13)17-9-20-21(10-18(17)16-5-3-4-6-19(16)24)30-12-22-26-27-23(29)14(2)28(20)22/h3-6,9-10,13-15,25H,7-8,11-12H2,1-2H3,(H,27,29)/t13-,14-,15+/m1/s1. The molecule has 30 heavy (non-hydrogen) atoms. The fraction of sp³-hybridized carbons (Fsp3) is 0.391. The lowest BCUT2D eigenvalue weighted by Crippen LogP contribution is -2.55. The largest absolute Gasteiger partial charge is 0.483 e. The zero-order chi connectivity index (χ0) is 20.8. The second-order valence-corrected chi connectivity index (χ2v) is 8.30. The number of carbonyl (C=O) groups is 1. The van der Waals surface area contributed by atoms with Gasteiger partial charge in [0.05, 0.1) is 5.69 Å². The number of amidine groups is 1. The van der Waals surface area contributed by atoms with Crippen LogP contribution in [0, 0.1) is 11.7 Å². The van der Waals surface area contributed by atoms with Gasteiger partial charge in [-0.1, -0.05) is 25.1 Å². The number of benzene rings is 2. The van der Waals surface area contributed by atoms with E-state index < -0.39 is 6.04 Å². The Hall–Kier alpha value is -2.93. The highest BCUT2D eigenvalue weighted by molar-refractivity contribution is 6.09. The van der Waals surface area contributed by atoms with E-state index in [0.717, 1.165) is 36.3 Å². The van der Waals surface area contributed by atoms with Crippen molar-refractivity contribution in [3.8, 4) is 16.9 Å². The van der Waals surface area contributed by atoms with Gasteiger partial charge in [-0.15, -0.1) is 0 Å². The predicted molar refractivity (Wildman–Crippen MR) is 114 cm³/mol. The van der Waals surface area contributed by atoms with E-state index in [-0.39, 0.29) is 24.2 Å². The summed E-state index contributed by atoms with van der Waals surface area (Å²) in [6.45, 7) is 6.19. The van der Waals surface area contributed by atoms with Gasteiger partial charge in [0.15, 0.2) is 5.84 Å². The van der Waals surface area contributed by atoms with E-state index in [2.05, 4.69) is 28.8 Å². The van der Waals surface area contributed by atoms with Gasteiger partial charge in [0.2, 0.25) is 0 Å². The molecule has 2 N–H and O–H groups in total. The Morgan fingerprint density at radius 2 is 2.03 bits per heavy atom. The van der Waals surface area contributed by atoms with Crippen molar-refractivity contribution < 1.29 is 13.9 Å². The van der Waals surface area contributed by atoms with Crippen LogP contribution in [0.25, 0.3) is 11.1 Å². The molecule has 0 unspecified atom stereocenters. The van der Waals surface area contributed by atoms with Crippen molar-refractivity contribution in [3.63, 3.8) is 0 Å². The number of amides is 1. The highest BCUT2D eigenvalue weighted by Crippen LogP contribution is 2.45. The van der Waals surface area contributed by atoms with Gasteiger partial charge in [-0.2, -0.15) is 5.10 Å². The Kier molecular flexibility index (Phi) is 4.70. The van der Waals surface area contributed by atoms with Crippen molar-refractivity contribution in [1.82, 2.24) is 10.7 Å². The van der Waals surface area contributed by atoms with Gasteiger partial charge in [-0.05, 0) is 67.6 Å². The summed E-state index contributed by atoms with van der Waals surface area (Å²) < 4.78 is 20.8. The van der Waals surface area contributed by atoms with Crippen LogP contribution in [0.5, 0.6) is 5.75 Å². The Morgan fingerprint density at radius 3 is 2.83 bits per heavy atom. The molecule has 2 aromatic carbocycles. The molecule has 0 spiro atoms. The smallest absolute Gasteiger partial charge is 0.262 e. The van der Waals surface area contributed by atoms with E-state index in [9.17, 15) is 9.18 Å². The SMILES string of the molecule is C[C@@H]1CNCC[C@@H]1c1cc2c(cc1-c1ccccc1F)OCC1=NNC(=O)[C@@H](C)N12. The maximum Gasteiger partial charge on any atom is 0.262 e. The summed E-state index contributed by atoms with van der Waals surface area (Å²) in [4.78, 5) is 14.2. The molecule has 7 heteroatoms.